The minimum atomic E-state index is -4.32. The van der Waals surface area contributed by atoms with Crippen LogP contribution in [0.3, 0.4) is 0 Å². The fraction of sp³-hybridized carbons (Fsp3) is 0.278. The third kappa shape index (κ3) is 4.83. The number of rotatable bonds is 7. The lowest BCUT2D eigenvalue weighted by molar-refractivity contribution is -0.136. The molecule has 0 aliphatic heterocycles. The summed E-state index contributed by atoms with van der Waals surface area (Å²) in [6, 6.07) is 7.06. The Balaban J connectivity index is 2.05. The lowest BCUT2D eigenvalue weighted by atomic mass is 10.1. The highest BCUT2D eigenvalue weighted by Gasteiger charge is 2.28. The first-order valence-corrected chi connectivity index (χ1v) is 8.43. The minimum absolute atomic E-state index is 0.127. The summed E-state index contributed by atoms with van der Waals surface area (Å²) < 4.78 is 52.8. The molecule has 148 valence electrons. The molecule has 3 rings (SSSR count). The Morgan fingerprint density at radius 1 is 1.07 bits per heavy atom. The van der Waals surface area contributed by atoms with E-state index in [4.69, 9.17) is 5.11 Å². The van der Waals surface area contributed by atoms with E-state index in [1.165, 1.54) is 41.4 Å². The number of aliphatic hydroxyl groups excluding tert-OH is 1. The predicted octanol–water partition coefficient (Wildman–Crippen LogP) is 3.50. The Morgan fingerprint density at radius 3 is 2.50 bits per heavy atom. The average Bonchev–Trinajstić information content (AvgIpc) is 3.09. The van der Waals surface area contributed by atoms with Gasteiger partial charge in [0.05, 0.1) is 36.4 Å². The molecule has 3 aromatic rings. The number of benzene rings is 1. The summed E-state index contributed by atoms with van der Waals surface area (Å²) >= 11 is 0. The molecule has 0 atom stereocenters. The summed E-state index contributed by atoms with van der Waals surface area (Å²) in [6.45, 7) is -0.240. The number of aliphatic hydroxyl groups is 1. The number of nitrogens with one attached hydrogen (secondary N) is 1. The molecule has 2 N–H and O–H groups in total. The predicted molar refractivity (Wildman–Crippen MR) is 94.9 cm³/mol. The second-order valence-corrected chi connectivity index (χ2v) is 5.92. The molecule has 0 spiro atoms. The SMILES string of the molecule is OCCNc1nccc(-c2c(-c3ccc(F)cc3)ncn2CCC(F)(F)F)n1. The molecule has 28 heavy (non-hydrogen) atoms. The van der Waals surface area contributed by atoms with Crippen molar-refractivity contribution in [2.45, 2.75) is 19.1 Å². The van der Waals surface area contributed by atoms with Crippen LogP contribution in [0.5, 0.6) is 0 Å². The van der Waals surface area contributed by atoms with Gasteiger partial charge in [0.1, 0.15) is 5.82 Å². The normalized spacial score (nSPS) is 11.6. The Kier molecular flexibility index (Phi) is 5.88. The van der Waals surface area contributed by atoms with E-state index in [1.807, 2.05) is 0 Å². The van der Waals surface area contributed by atoms with E-state index in [9.17, 15) is 17.6 Å². The van der Waals surface area contributed by atoms with Crippen LogP contribution >= 0.6 is 0 Å². The highest BCUT2D eigenvalue weighted by Crippen LogP contribution is 2.32. The van der Waals surface area contributed by atoms with Crippen LogP contribution in [0.2, 0.25) is 0 Å². The summed E-state index contributed by atoms with van der Waals surface area (Å²) in [5.74, 6) is -0.209. The van der Waals surface area contributed by atoms with Gasteiger partial charge in [0.2, 0.25) is 5.95 Å². The van der Waals surface area contributed by atoms with Gasteiger partial charge in [-0.3, -0.25) is 0 Å². The zero-order valence-electron chi connectivity index (χ0n) is 14.6. The number of anilines is 1. The van der Waals surface area contributed by atoms with Crippen LogP contribution in [0.25, 0.3) is 22.6 Å². The molecule has 0 amide bonds. The quantitative estimate of drug-likeness (QED) is 0.599. The fourth-order valence-electron chi connectivity index (χ4n) is 2.63. The van der Waals surface area contributed by atoms with Gasteiger partial charge in [0.15, 0.2) is 0 Å². The Labute approximate surface area is 157 Å². The zero-order chi connectivity index (χ0) is 20.1. The van der Waals surface area contributed by atoms with Crippen LogP contribution in [0.1, 0.15) is 6.42 Å². The van der Waals surface area contributed by atoms with E-state index in [0.717, 1.165) is 0 Å². The molecule has 0 radical (unpaired) electrons. The number of hydrogen-bond donors (Lipinski definition) is 2. The average molecular weight is 395 g/mol. The number of hydrogen-bond acceptors (Lipinski definition) is 5. The molecule has 0 aliphatic rings. The fourth-order valence-corrected chi connectivity index (χ4v) is 2.63. The maximum absolute atomic E-state index is 13.3. The van der Waals surface area contributed by atoms with Crippen LogP contribution in [-0.4, -0.2) is 44.0 Å². The molecule has 0 unspecified atom stereocenters. The van der Waals surface area contributed by atoms with Crippen molar-refractivity contribution >= 4 is 5.95 Å². The first-order valence-electron chi connectivity index (χ1n) is 8.43. The van der Waals surface area contributed by atoms with E-state index >= 15 is 0 Å². The van der Waals surface area contributed by atoms with Crippen molar-refractivity contribution in [3.63, 3.8) is 0 Å². The monoisotopic (exact) mass is 395 g/mol. The molecule has 10 heteroatoms. The highest BCUT2D eigenvalue weighted by molar-refractivity contribution is 5.77. The van der Waals surface area contributed by atoms with Crippen molar-refractivity contribution in [2.75, 3.05) is 18.5 Å². The van der Waals surface area contributed by atoms with Crippen LogP contribution in [0.15, 0.2) is 42.9 Å². The Bertz CT molecular complexity index is 924. The van der Waals surface area contributed by atoms with E-state index in [-0.39, 0.29) is 25.6 Å². The number of halogens is 4. The molecular weight excluding hydrogens is 378 g/mol. The maximum Gasteiger partial charge on any atom is 0.390 e. The second-order valence-electron chi connectivity index (χ2n) is 5.92. The van der Waals surface area contributed by atoms with Gasteiger partial charge in [0.25, 0.3) is 0 Å². The second kappa shape index (κ2) is 8.34. The summed E-state index contributed by atoms with van der Waals surface area (Å²) in [5.41, 5.74) is 1.65. The molecule has 1 aromatic carbocycles. The minimum Gasteiger partial charge on any atom is -0.395 e. The number of alkyl halides is 3. The smallest absolute Gasteiger partial charge is 0.390 e. The molecule has 0 saturated carbocycles. The van der Waals surface area contributed by atoms with E-state index in [0.29, 0.717) is 22.6 Å². The van der Waals surface area contributed by atoms with Crippen molar-refractivity contribution in [3.05, 3.63) is 48.7 Å². The van der Waals surface area contributed by atoms with Crippen molar-refractivity contribution in [1.82, 2.24) is 19.5 Å². The van der Waals surface area contributed by atoms with Crippen molar-refractivity contribution in [2.24, 2.45) is 0 Å². The van der Waals surface area contributed by atoms with Gasteiger partial charge in [-0.25, -0.2) is 19.3 Å². The number of nitrogens with zero attached hydrogens (tertiary/aromatic N) is 4. The highest BCUT2D eigenvalue weighted by atomic mass is 19.4. The molecule has 0 saturated heterocycles. The molecule has 2 aromatic heterocycles. The summed E-state index contributed by atoms with van der Waals surface area (Å²) in [7, 11) is 0. The van der Waals surface area contributed by atoms with Gasteiger partial charge in [0, 0.05) is 24.8 Å². The van der Waals surface area contributed by atoms with Gasteiger partial charge in [-0.1, -0.05) is 0 Å². The third-order valence-corrected chi connectivity index (χ3v) is 3.88. The van der Waals surface area contributed by atoms with Gasteiger partial charge in [-0.2, -0.15) is 13.2 Å². The lowest BCUT2D eigenvalue weighted by Gasteiger charge is -2.12. The van der Waals surface area contributed by atoms with Gasteiger partial charge in [-0.15, -0.1) is 0 Å². The molecule has 0 aliphatic carbocycles. The lowest BCUT2D eigenvalue weighted by Crippen LogP contribution is -2.13. The maximum atomic E-state index is 13.3. The number of aromatic nitrogens is 4. The number of aryl methyl sites for hydroxylation is 1. The molecule has 2 heterocycles. The van der Waals surface area contributed by atoms with Gasteiger partial charge < -0.3 is 15.0 Å². The molecule has 0 fully saturated rings. The topological polar surface area (TPSA) is 75.9 Å². The van der Waals surface area contributed by atoms with Crippen LogP contribution in [-0.2, 0) is 6.54 Å². The van der Waals surface area contributed by atoms with Gasteiger partial charge >= 0.3 is 6.18 Å². The summed E-state index contributed by atoms with van der Waals surface area (Å²) in [6.07, 6.45) is -2.59. The number of imidazole rings is 1. The van der Waals surface area contributed by atoms with Crippen LogP contribution in [0, 0.1) is 5.82 Å². The molecule has 6 nitrogen and oxygen atoms in total. The largest absolute Gasteiger partial charge is 0.395 e. The molecule has 0 bridgehead atoms. The van der Waals surface area contributed by atoms with Crippen LogP contribution in [0.4, 0.5) is 23.5 Å². The standard InChI is InChI=1S/C18H17F4N5O/c19-13-3-1-12(2-4-13)15-16(27(11-25-15)9-6-18(20,21)22)14-5-7-23-17(26-14)24-8-10-28/h1-5,7,11,28H,6,8-10H2,(H,23,24,26). The summed E-state index contributed by atoms with van der Waals surface area (Å²) in [4.78, 5) is 12.6. The Morgan fingerprint density at radius 2 is 1.82 bits per heavy atom. The van der Waals surface area contributed by atoms with Crippen molar-refractivity contribution in [3.8, 4) is 22.6 Å². The van der Waals surface area contributed by atoms with Crippen molar-refractivity contribution in [1.29, 1.82) is 0 Å². The van der Waals surface area contributed by atoms with Gasteiger partial charge in [-0.05, 0) is 30.3 Å². The first-order chi connectivity index (χ1) is 13.4. The van der Waals surface area contributed by atoms with Crippen LogP contribution < -0.4 is 5.32 Å². The first kappa shape index (κ1) is 19.7. The van der Waals surface area contributed by atoms with E-state index < -0.39 is 18.4 Å². The Hall–Kier alpha value is -3.01. The third-order valence-electron chi connectivity index (χ3n) is 3.88. The van der Waals surface area contributed by atoms with E-state index in [1.54, 1.807) is 6.07 Å². The van der Waals surface area contributed by atoms with E-state index in [2.05, 4.69) is 20.3 Å². The zero-order valence-corrected chi connectivity index (χ0v) is 14.6. The molecular formula is C18H17F4N5O. The van der Waals surface area contributed by atoms with Crippen molar-refractivity contribution < 1.29 is 22.7 Å². The summed E-state index contributed by atoms with van der Waals surface area (Å²) in [5, 5.41) is 11.7.